The lowest BCUT2D eigenvalue weighted by Crippen LogP contribution is -2.41. The fourth-order valence-electron chi connectivity index (χ4n) is 1.80. The van der Waals surface area contributed by atoms with E-state index in [-0.39, 0.29) is 18.5 Å². The van der Waals surface area contributed by atoms with Gasteiger partial charge in [-0.3, -0.25) is 0 Å². The van der Waals surface area contributed by atoms with Crippen molar-refractivity contribution in [3.05, 3.63) is 24.0 Å². The van der Waals surface area contributed by atoms with E-state index in [0.29, 0.717) is 0 Å². The van der Waals surface area contributed by atoms with E-state index in [1.54, 1.807) is 0 Å². The normalized spacial score (nSPS) is 27.2. The number of nitrogens with zero attached hydrogens (tertiary/aromatic N) is 1. The fourth-order valence-corrected chi connectivity index (χ4v) is 1.80. The molecule has 2 heterocycles. The lowest BCUT2D eigenvalue weighted by Gasteiger charge is -2.32. The Labute approximate surface area is 98.3 Å². The first-order valence-electron chi connectivity index (χ1n) is 5.81. The summed E-state index contributed by atoms with van der Waals surface area (Å²) in [5, 5.41) is 0. The van der Waals surface area contributed by atoms with E-state index in [4.69, 9.17) is 9.31 Å². The molecule has 3 nitrogen and oxygen atoms in total. The maximum atomic E-state index is 5.99. The third-order valence-corrected chi connectivity index (χ3v) is 3.69. The Morgan fingerprint density at radius 2 is 1.75 bits per heavy atom. The number of rotatable bonds is 1. The summed E-state index contributed by atoms with van der Waals surface area (Å²) in [5.74, 6) is 0. The van der Waals surface area contributed by atoms with Gasteiger partial charge >= 0.3 is 7.25 Å². The third-order valence-electron chi connectivity index (χ3n) is 3.69. The number of hydrogen-bond donors (Lipinski definition) is 0. The Morgan fingerprint density at radius 1 is 1.19 bits per heavy atom. The molecule has 0 spiro atoms. The second kappa shape index (κ2) is 3.64. The van der Waals surface area contributed by atoms with Crippen molar-refractivity contribution in [2.45, 2.75) is 52.2 Å². The highest BCUT2D eigenvalue weighted by Gasteiger charge is 2.54. The minimum Gasteiger partial charge on any atom is -0.384 e. The standard InChI is InChI=1S/C12H20BNO2/c1-10-8-6-7-9-14(10)13-15-11(2,3)12(4,5)16-13/h7-9H,6H2,1-5H3. The zero-order valence-corrected chi connectivity index (χ0v) is 10.8. The van der Waals surface area contributed by atoms with Crippen molar-refractivity contribution in [2.75, 3.05) is 0 Å². The monoisotopic (exact) mass is 221 g/mol. The zero-order chi connectivity index (χ0) is 12.0. The quantitative estimate of drug-likeness (QED) is 0.635. The van der Waals surface area contributed by atoms with Crippen LogP contribution in [0.4, 0.5) is 0 Å². The van der Waals surface area contributed by atoms with Gasteiger partial charge in [-0.2, -0.15) is 0 Å². The Bertz CT molecular complexity index is 331. The zero-order valence-electron chi connectivity index (χ0n) is 10.8. The summed E-state index contributed by atoms with van der Waals surface area (Å²) in [4.78, 5) is 2.04. The molecule has 2 rings (SSSR count). The van der Waals surface area contributed by atoms with E-state index in [9.17, 15) is 0 Å². The molecule has 0 radical (unpaired) electrons. The molecule has 1 fully saturated rings. The van der Waals surface area contributed by atoms with Crippen LogP contribution in [0.3, 0.4) is 0 Å². The van der Waals surface area contributed by atoms with Gasteiger partial charge in [0.15, 0.2) is 0 Å². The van der Waals surface area contributed by atoms with Crippen molar-refractivity contribution in [2.24, 2.45) is 0 Å². The van der Waals surface area contributed by atoms with Crippen LogP contribution in [0.2, 0.25) is 0 Å². The van der Waals surface area contributed by atoms with Gasteiger partial charge in [0.1, 0.15) is 0 Å². The fraction of sp³-hybridized carbons (Fsp3) is 0.667. The molecule has 2 aliphatic heterocycles. The molecule has 2 aliphatic rings. The van der Waals surface area contributed by atoms with Crippen molar-refractivity contribution in [1.29, 1.82) is 0 Å². The Hall–Kier alpha value is -0.735. The summed E-state index contributed by atoms with van der Waals surface area (Å²) in [6.07, 6.45) is 7.31. The summed E-state index contributed by atoms with van der Waals surface area (Å²) in [7, 11) is -0.308. The van der Waals surface area contributed by atoms with Crippen LogP contribution in [-0.2, 0) is 9.31 Å². The van der Waals surface area contributed by atoms with Crippen molar-refractivity contribution in [3.63, 3.8) is 0 Å². The summed E-state index contributed by atoms with van der Waals surface area (Å²) < 4.78 is 12.0. The van der Waals surface area contributed by atoms with E-state index in [2.05, 4.69) is 46.8 Å². The molecule has 0 aromatic rings. The molecule has 0 aromatic carbocycles. The average Bonchev–Trinajstić information content (AvgIpc) is 2.36. The first kappa shape index (κ1) is 11.7. The molecule has 0 amide bonds. The van der Waals surface area contributed by atoms with E-state index >= 15 is 0 Å². The van der Waals surface area contributed by atoms with Crippen LogP contribution in [0.25, 0.3) is 0 Å². The summed E-state index contributed by atoms with van der Waals surface area (Å²) in [6, 6.07) is 0. The Balaban J connectivity index is 2.17. The average molecular weight is 221 g/mol. The summed E-state index contributed by atoms with van der Waals surface area (Å²) in [5.41, 5.74) is 0.632. The van der Waals surface area contributed by atoms with E-state index in [1.807, 2.05) is 11.0 Å². The van der Waals surface area contributed by atoms with Crippen LogP contribution in [0.5, 0.6) is 0 Å². The van der Waals surface area contributed by atoms with Gasteiger partial charge in [-0.1, -0.05) is 12.2 Å². The topological polar surface area (TPSA) is 21.7 Å². The van der Waals surface area contributed by atoms with E-state index in [0.717, 1.165) is 6.42 Å². The molecule has 0 aliphatic carbocycles. The SMILES string of the molecule is CC1=CCC=CN1B1OC(C)(C)C(C)(C)O1. The van der Waals surface area contributed by atoms with E-state index < -0.39 is 0 Å². The molecular weight excluding hydrogens is 201 g/mol. The molecule has 4 heteroatoms. The first-order valence-corrected chi connectivity index (χ1v) is 5.81. The molecule has 0 N–H and O–H groups in total. The highest BCUT2D eigenvalue weighted by molar-refractivity contribution is 6.43. The van der Waals surface area contributed by atoms with Crippen LogP contribution in [-0.4, -0.2) is 23.3 Å². The second-order valence-electron chi connectivity index (χ2n) is 5.44. The van der Waals surface area contributed by atoms with Gasteiger partial charge in [-0.05, 0) is 47.2 Å². The predicted molar refractivity (Wildman–Crippen MR) is 65.4 cm³/mol. The third kappa shape index (κ3) is 1.80. The molecule has 0 bridgehead atoms. The largest absolute Gasteiger partial charge is 0.598 e. The summed E-state index contributed by atoms with van der Waals surface area (Å²) in [6.45, 7) is 10.4. The van der Waals surface area contributed by atoms with Gasteiger partial charge in [0.25, 0.3) is 0 Å². The summed E-state index contributed by atoms with van der Waals surface area (Å²) >= 11 is 0. The van der Waals surface area contributed by atoms with Gasteiger partial charge in [-0.15, -0.1) is 0 Å². The van der Waals surface area contributed by atoms with Gasteiger partial charge in [0.05, 0.1) is 11.2 Å². The van der Waals surface area contributed by atoms with Gasteiger partial charge < -0.3 is 14.1 Å². The predicted octanol–water partition coefficient (Wildman–Crippen LogP) is 2.70. The van der Waals surface area contributed by atoms with Crippen LogP contribution >= 0.6 is 0 Å². The van der Waals surface area contributed by atoms with Crippen molar-refractivity contribution < 1.29 is 9.31 Å². The maximum absolute atomic E-state index is 5.99. The Kier molecular flexibility index (Phi) is 2.67. The first-order chi connectivity index (χ1) is 7.33. The number of allylic oxidation sites excluding steroid dienone is 3. The van der Waals surface area contributed by atoms with Crippen molar-refractivity contribution >= 4 is 7.25 Å². The maximum Gasteiger partial charge on any atom is 0.598 e. The smallest absolute Gasteiger partial charge is 0.384 e. The van der Waals surface area contributed by atoms with Crippen molar-refractivity contribution in [1.82, 2.24) is 4.81 Å². The van der Waals surface area contributed by atoms with Crippen LogP contribution in [0.1, 0.15) is 41.0 Å². The number of hydrogen-bond acceptors (Lipinski definition) is 3. The second-order valence-corrected chi connectivity index (χ2v) is 5.44. The van der Waals surface area contributed by atoms with Crippen LogP contribution < -0.4 is 0 Å². The molecule has 0 saturated carbocycles. The minimum absolute atomic E-state index is 0.275. The Morgan fingerprint density at radius 3 is 2.25 bits per heavy atom. The molecule has 88 valence electrons. The highest BCUT2D eigenvalue weighted by Crippen LogP contribution is 2.38. The van der Waals surface area contributed by atoms with Crippen LogP contribution in [0.15, 0.2) is 24.0 Å². The van der Waals surface area contributed by atoms with Gasteiger partial charge in [0, 0.05) is 5.70 Å². The molecule has 16 heavy (non-hydrogen) atoms. The van der Waals surface area contributed by atoms with Gasteiger partial charge in [0.2, 0.25) is 0 Å². The molecule has 0 unspecified atom stereocenters. The molecule has 0 aromatic heterocycles. The van der Waals surface area contributed by atoms with Crippen molar-refractivity contribution in [3.8, 4) is 0 Å². The van der Waals surface area contributed by atoms with Gasteiger partial charge in [-0.25, -0.2) is 0 Å². The lowest BCUT2D eigenvalue weighted by atomic mass is 9.90. The highest BCUT2D eigenvalue weighted by atomic mass is 16.7. The molecule has 0 atom stereocenters. The molecule has 1 saturated heterocycles. The molecular formula is C12H20BNO2. The lowest BCUT2D eigenvalue weighted by molar-refractivity contribution is 0.00578. The minimum atomic E-state index is -0.308. The van der Waals surface area contributed by atoms with Crippen LogP contribution in [0, 0.1) is 0 Å². The van der Waals surface area contributed by atoms with E-state index in [1.165, 1.54) is 5.70 Å².